The zero-order valence-electron chi connectivity index (χ0n) is 14.0. The monoisotopic (exact) mass is 321 g/mol. The van der Waals surface area contributed by atoms with Crippen molar-refractivity contribution in [3.63, 3.8) is 0 Å². The maximum absolute atomic E-state index is 12.8. The lowest BCUT2D eigenvalue weighted by Gasteiger charge is -2.62. The van der Waals surface area contributed by atoms with Crippen LogP contribution in [0.4, 0.5) is 5.69 Å². The summed E-state index contributed by atoms with van der Waals surface area (Å²) in [7, 11) is 1.86. The van der Waals surface area contributed by atoms with Crippen molar-refractivity contribution < 1.29 is 4.79 Å². The molecule has 4 nitrogen and oxygen atoms in total. The third-order valence-electron chi connectivity index (χ3n) is 5.42. The highest BCUT2D eigenvalue weighted by molar-refractivity contribution is 6.00. The van der Waals surface area contributed by atoms with Gasteiger partial charge < -0.3 is 10.2 Å². The van der Waals surface area contributed by atoms with Gasteiger partial charge in [-0.05, 0) is 24.1 Å². The zero-order valence-corrected chi connectivity index (χ0v) is 14.0. The highest BCUT2D eigenvalue weighted by atomic mass is 16.2. The summed E-state index contributed by atoms with van der Waals surface area (Å²) in [4.78, 5) is 17.3. The molecule has 2 saturated heterocycles. The van der Waals surface area contributed by atoms with E-state index in [1.165, 1.54) is 12.0 Å². The Balaban J connectivity index is 1.41. The number of benzene rings is 2. The van der Waals surface area contributed by atoms with Crippen molar-refractivity contribution in [3.05, 3.63) is 65.7 Å². The van der Waals surface area contributed by atoms with E-state index in [2.05, 4.69) is 40.5 Å². The lowest BCUT2D eigenvalue weighted by molar-refractivity contribution is -0.112. The van der Waals surface area contributed by atoms with Gasteiger partial charge in [0.1, 0.15) is 0 Å². The van der Waals surface area contributed by atoms with Gasteiger partial charge >= 0.3 is 0 Å². The van der Waals surface area contributed by atoms with Crippen LogP contribution in [0.3, 0.4) is 0 Å². The van der Waals surface area contributed by atoms with Gasteiger partial charge in [0.25, 0.3) is 5.91 Å². The Morgan fingerprint density at radius 3 is 2.46 bits per heavy atom. The molecular formula is C20H23N3O. The van der Waals surface area contributed by atoms with Crippen LogP contribution in [0.1, 0.15) is 22.3 Å². The third kappa shape index (κ3) is 2.47. The zero-order chi connectivity index (χ0) is 16.6. The predicted molar refractivity (Wildman–Crippen MR) is 96.1 cm³/mol. The van der Waals surface area contributed by atoms with Gasteiger partial charge in [0.15, 0.2) is 0 Å². The van der Waals surface area contributed by atoms with E-state index in [1.807, 2.05) is 36.2 Å². The number of para-hydroxylation sites is 1. The quantitative estimate of drug-likeness (QED) is 0.940. The van der Waals surface area contributed by atoms with Crippen molar-refractivity contribution in [2.45, 2.75) is 18.5 Å². The van der Waals surface area contributed by atoms with Gasteiger partial charge in [-0.25, -0.2) is 0 Å². The lowest BCUT2D eigenvalue weighted by atomic mass is 9.76. The fourth-order valence-corrected chi connectivity index (χ4v) is 3.86. The second-order valence-electron chi connectivity index (χ2n) is 6.84. The Bertz CT molecular complexity index is 738. The van der Waals surface area contributed by atoms with E-state index in [0.29, 0.717) is 0 Å². The molecule has 1 N–H and O–H groups in total. The molecule has 2 aromatic carbocycles. The molecule has 4 rings (SSSR count). The second kappa shape index (κ2) is 5.95. The molecule has 0 radical (unpaired) electrons. The number of likely N-dealkylation sites (tertiary alicyclic amines) is 2. The summed E-state index contributed by atoms with van der Waals surface area (Å²) in [5, 5.41) is 3.11. The number of carbonyl (C=O) groups is 1. The van der Waals surface area contributed by atoms with Crippen molar-refractivity contribution in [2.75, 3.05) is 32.0 Å². The van der Waals surface area contributed by atoms with Crippen molar-refractivity contribution in [3.8, 4) is 0 Å². The summed E-state index contributed by atoms with van der Waals surface area (Å²) in [6.45, 7) is 3.80. The Morgan fingerprint density at radius 2 is 1.79 bits per heavy atom. The van der Waals surface area contributed by atoms with Gasteiger partial charge in [0, 0.05) is 38.9 Å². The van der Waals surface area contributed by atoms with E-state index in [9.17, 15) is 4.79 Å². The molecule has 24 heavy (non-hydrogen) atoms. The Morgan fingerprint density at radius 1 is 1.08 bits per heavy atom. The molecule has 1 amide bonds. The number of rotatable bonds is 4. The maximum atomic E-state index is 12.8. The number of carbonyl (C=O) groups excluding carboxylic acids is 1. The van der Waals surface area contributed by atoms with E-state index < -0.39 is 0 Å². The van der Waals surface area contributed by atoms with Gasteiger partial charge in [0.05, 0.1) is 11.1 Å². The fraction of sp³-hybridized carbons (Fsp3) is 0.350. The first-order chi connectivity index (χ1) is 11.7. The summed E-state index contributed by atoms with van der Waals surface area (Å²) in [6, 6.07) is 18.3. The van der Waals surface area contributed by atoms with Gasteiger partial charge in [-0.15, -0.1) is 0 Å². The van der Waals surface area contributed by atoms with Crippen LogP contribution in [-0.2, 0) is 6.54 Å². The molecule has 0 saturated carbocycles. The molecule has 2 fully saturated rings. The van der Waals surface area contributed by atoms with Gasteiger partial charge in [0.2, 0.25) is 0 Å². The molecule has 1 spiro atoms. The van der Waals surface area contributed by atoms with Crippen molar-refractivity contribution >= 4 is 11.6 Å². The fourth-order valence-electron chi connectivity index (χ4n) is 3.86. The molecule has 0 unspecified atom stereocenters. The molecule has 4 heteroatoms. The SMILES string of the molecule is CNc1ccccc1C(=O)N1CC2(CCN2Cc2ccccc2)C1. The molecule has 2 aliphatic heterocycles. The number of amides is 1. The lowest BCUT2D eigenvalue weighted by Crippen LogP contribution is -2.77. The molecule has 0 atom stereocenters. The highest BCUT2D eigenvalue weighted by Gasteiger charge is 2.54. The molecule has 0 aliphatic carbocycles. The maximum Gasteiger partial charge on any atom is 0.256 e. The van der Waals surface area contributed by atoms with Crippen molar-refractivity contribution in [2.24, 2.45) is 0 Å². The predicted octanol–water partition coefficient (Wildman–Crippen LogP) is 2.83. The van der Waals surface area contributed by atoms with E-state index in [1.54, 1.807) is 0 Å². The first-order valence-corrected chi connectivity index (χ1v) is 8.57. The number of nitrogens with one attached hydrogen (secondary N) is 1. The van der Waals surface area contributed by atoms with Crippen LogP contribution >= 0.6 is 0 Å². The van der Waals surface area contributed by atoms with E-state index >= 15 is 0 Å². The molecular weight excluding hydrogens is 298 g/mol. The smallest absolute Gasteiger partial charge is 0.256 e. The summed E-state index contributed by atoms with van der Waals surface area (Å²) < 4.78 is 0. The molecule has 2 aliphatic rings. The summed E-state index contributed by atoms with van der Waals surface area (Å²) >= 11 is 0. The minimum Gasteiger partial charge on any atom is -0.387 e. The highest BCUT2D eigenvalue weighted by Crippen LogP contribution is 2.41. The van der Waals surface area contributed by atoms with E-state index in [-0.39, 0.29) is 11.4 Å². The van der Waals surface area contributed by atoms with Gasteiger partial charge in [-0.1, -0.05) is 42.5 Å². The molecule has 2 heterocycles. The van der Waals surface area contributed by atoms with E-state index in [0.717, 1.165) is 37.4 Å². The van der Waals surface area contributed by atoms with Crippen LogP contribution in [0, 0.1) is 0 Å². The summed E-state index contributed by atoms with van der Waals surface area (Å²) in [5.41, 5.74) is 3.23. The van der Waals surface area contributed by atoms with Crippen LogP contribution in [0.2, 0.25) is 0 Å². The van der Waals surface area contributed by atoms with Crippen LogP contribution in [0.5, 0.6) is 0 Å². The molecule has 2 aromatic rings. The second-order valence-corrected chi connectivity index (χ2v) is 6.84. The van der Waals surface area contributed by atoms with Gasteiger partial charge in [-0.3, -0.25) is 9.69 Å². The first kappa shape index (κ1) is 15.2. The van der Waals surface area contributed by atoms with Crippen LogP contribution in [0.15, 0.2) is 54.6 Å². The normalized spacial score (nSPS) is 18.8. The van der Waals surface area contributed by atoms with Crippen LogP contribution in [0.25, 0.3) is 0 Å². The summed E-state index contributed by atoms with van der Waals surface area (Å²) in [5.74, 6) is 0.136. The topological polar surface area (TPSA) is 35.6 Å². The number of nitrogens with zero attached hydrogens (tertiary/aromatic N) is 2. The molecule has 0 aromatic heterocycles. The van der Waals surface area contributed by atoms with Crippen molar-refractivity contribution in [1.82, 2.24) is 9.80 Å². The Hall–Kier alpha value is -2.33. The average molecular weight is 321 g/mol. The van der Waals surface area contributed by atoms with Gasteiger partial charge in [-0.2, -0.15) is 0 Å². The Kier molecular flexibility index (Phi) is 3.77. The minimum absolute atomic E-state index is 0.136. The summed E-state index contributed by atoms with van der Waals surface area (Å²) in [6.07, 6.45) is 1.19. The average Bonchev–Trinajstić information content (AvgIpc) is 2.58. The Labute approximate surface area is 143 Å². The standard InChI is InChI=1S/C20H23N3O/c1-21-18-10-6-5-9-17(18)19(24)22-14-20(15-22)11-12-23(20)13-16-7-3-2-4-8-16/h2-10,21H,11-15H2,1H3. The molecule has 0 bridgehead atoms. The van der Waals surface area contributed by atoms with Crippen molar-refractivity contribution in [1.29, 1.82) is 0 Å². The number of anilines is 1. The van der Waals surface area contributed by atoms with Crippen LogP contribution < -0.4 is 5.32 Å². The van der Waals surface area contributed by atoms with Crippen LogP contribution in [-0.4, -0.2) is 47.9 Å². The minimum atomic E-state index is 0.136. The largest absolute Gasteiger partial charge is 0.387 e. The third-order valence-corrected chi connectivity index (χ3v) is 5.42. The number of hydrogen-bond acceptors (Lipinski definition) is 3. The molecule has 124 valence electrons. The first-order valence-electron chi connectivity index (χ1n) is 8.57. The number of hydrogen-bond donors (Lipinski definition) is 1. The van der Waals surface area contributed by atoms with E-state index in [4.69, 9.17) is 0 Å².